The standard InChI is InChI=1S/C30H38N4O/c35-26-16-20-32(21-17-26)29-31-27-12-6-7-13-28(27)34(29)25-14-22-33(23-15-25)30(18-8-1-2-9-19-30)24-10-4-3-5-11-24/h3-7,10-13,25H,1-2,8-9,14-23H2. The lowest BCUT2D eigenvalue weighted by molar-refractivity contribution is -0.119. The number of piperidine rings is 2. The predicted molar refractivity (Wildman–Crippen MR) is 142 cm³/mol. The summed E-state index contributed by atoms with van der Waals surface area (Å²) in [6.07, 6.45) is 11.5. The molecule has 2 saturated heterocycles. The van der Waals surface area contributed by atoms with Gasteiger partial charge in [-0.15, -0.1) is 0 Å². The highest BCUT2D eigenvalue weighted by atomic mass is 16.1. The number of Topliss-reactive ketones (excluding diaryl/α,β-unsaturated/α-hetero) is 1. The molecule has 3 aromatic rings. The maximum Gasteiger partial charge on any atom is 0.206 e. The number of imidazole rings is 1. The molecular formula is C30H38N4O. The fourth-order valence-electron chi connectivity index (χ4n) is 6.97. The van der Waals surface area contributed by atoms with Gasteiger partial charge in [-0.1, -0.05) is 68.1 Å². The zero-order valence-corrected chi connectivity index (χ0v) is 20.9. The van der Waals surface area contributed by atoms with E-state index in [1.807, 2.05) is 0 Å². The number of nitrogens with zero attached hydrogens (tertiary/aromatic N) is 4. The van der Waals surface area contributed by atoms with E-state index < -0.39 is 0 Å². The molecule has 0 amide bonds. The van der Waals surface area contributed by atoms with Gasteiger partial charge >= 0.3 is 0 Å². The third-order valence-corrected chi connectivity index (χ3v) is 8.86. The molecule has 0 atom stereocenters. The van der Waals surface area contributed by atoms with E-state index in [-0.39, 0.29) is 5.54 Å². The summed E-state index contributed by atoms with van der Waals surface area (Å²) in [5, 5.41) is 0. The topological polar surface area (TPSA) is 41.4 Å². The molecule has 6 rings (SSSR count). The molecule has 0 spiro atoms. The van der Waals surface area contributed by atoms with Crippen LogP contribution in [0.4, 0.5) is 5.95 Å². The summed E-state index contributed by atoms with van der Waals surface area (Å²) in [5.74, 6) is 1.45. The summed E-state index contributed by atoms with van der Waals surface area (Å²) >= 11 is 0. The molecule has 35 heavy (non-hydrogen) atoms. The van der Waals surface area contributed by atoms with E-state index in [0.717, 1.165) is 50.5 Å². The average molecular weight is 471 g/mol. The van der Waals surface area contributed by atoms with E-state index in [9.17, 15) is 4.79 Å². The second-order valence-corrected chi connectivity index (χ2v) is 10.8. The average Bonchev–Trinajstić information content (AvgIpc) is 3.12. The number of hydrogen-bond acceptors (Lipinski definition) is 4. The Kier molecular flexibility index (Phi) is 6.36. The smallest absolute Gasteiger partial charge is 0.206 e. The molecule has 3 heterocycles. The van der Waals surface area contributed by atoms with Gasteiger partial charge in [-0.05, 0) is 43.4 Å². The van der Waals surface area contributed by atoms with Crippen molar-refractivity contribution in [3.8, 4) is 0 Å². The number of carbonyl (C=O) groups is 1. The Morgan fingerprint density at radius 1 is 0.771 bits per heavy atom. The van der Waals surface area contributed by atoms with Gasteiger partial charge < -0.3 is 9.47 Å². The summed E-state index contributed by atoms with van der Waals surface area (Å²) in [7, 11) is 0. The molecule has 0 unspecified atom stereocenters. The molecule has 184 valence electrons. The first-order valence-corrected chi connectivity index (χ1v) is 13.8. The molecule has 1 saturated carbocycles. The fraction of sp³-hybridized carbons (Fsp3) is 0.533. The molecular weight excluding hydrogens is 432 g/mol. The highest BCUT2D eigenvalue weighted by molar-refractivity contribution is 5.82. The molecule has 5 nitrogen and oxygen atoms in total. The zero-order valence-electron chi connectivity index (χ0n) is 20.9. The van der Waals surface area contributed by atoms with Gasteiger partial charge in [-0.25, -0.2) is 4.98 Å². The van der Waals surface area contributed by atoms with Crippen LogP contribution in [0.25, 0.3) is 11.0 Å². The van der Waals surface area contributed by atoms with E-state index in [1.54, 1.807) is 0 Å². The Labute approximate surface area is 209 Å². The van der Waals surface area contributed by atoms with Crippen molar-refractivity contribution in [2.24, 2.45) is 0 Å². The van der Waals surface area contributed by atoms with Crippen LogP contribution in [-0.4, -0.2) is 46.4 Å². The van der Waals surface area contributed by atoms with E-state index >= 15 is 0 Å². The third kappa shape index (κ3) is 4.29. The van der Waals surface area contributed by atoms with Crippen LogP contribution < -0.4 is 4.90 Å². The van der Waals surface area contributed by atoms with Crippen molar-refractivity contribution in [2.45, 2.75) is 75.8 Å². The number of fused-ring (bicyclic) bond motifs is 1. The van der Waals surface area contributed by atoms with Crippen LogP contribution in [-0.2, 0) is 10.3 Å². The van der Waals surface area contributed by atoms with Gasteiger partial charge in [0.2, 0.25) is 5.95 Å². The molecule has 1 aliphatic carbocycles. The summed E-state index contributed by atoms with van der Waals surface area (Å²) in [5.41, 5.74) is 4.03. The number of hydrogen-bond donors (Lipinski definition) is 0. The molecule has 2 aromatic carbocycles. The van der Waals surface area contributed by atoms with Gasteiger partial charge in [0.1, 0.15) is 5.78 Å². The Morgan fingerprint density at radius 2 is 1.43 bits per heavy atom. The van der Waals surface area contributed by atoms with E-state index in [1.165, 1.54) is 49.6 Å². The SMILES string of the molecule is O=C1CCN(c2nc3ccccc3n2C2CCN(C3(c4ccccc4)CCCCCC3)CC2)CC1. The number of ketones is 1. The predicted octanol–water partition coefficient (Wildman–Crippen LogP) is 6.09. The van der Waals surface area contributed by atoms with Gasteiger partial charge in [0.15, 0.2) is 0 Å². The first-order valence-electron chi connectivity index (χ1n) is 13.8. The van der Waals surface area contributed by atoms with Crippen LogP contribution >= 0.6 is 0 Å². The van der Waals surface area contributed by atoms with Crippen LogP contribution in [0.1, 0.15) is 75.8 Å². The van der Waals surface area contributed by atoms with Gasteiger partial charge in [0.05, 0.1) is 11.0 Å². The number of anilines is 1. The molecule has 0 N–H and O–H groups in total. The molecule has 3 aliphatic rings. The van der Waals surface area contributed by atoms with Crippen LogP contribution in [0.15, 0.2) is 54.6 Å². The minimum Gasteiger partial charge on any atom is -0.341 e. The second-order valence-electron chi connectivity index (χ2n) is 10.8. The van der Waals surface area contributed by atoms with Gasteiger partial charge in [-0.2, -0.15) is 0 Å². The summed E-state index contributed by atoms with van der Waals surface area (Å²) in [6.45, 7) is 3.84. The van der Waals surface area contributed by atoms with Crippen molar-refractivity contribution in [2.75, 3.05) is 31.1 Å². The van der Waals surface area contributed by atoms with Crippen molar-refractivity contribution in [3.05, 3.63) is 60.2 Å². The van der Waals surface area contributed by atoms with Crippen LogP contribution in [0, 0.1) is 0 Å². The Hall–Kier alpha value is -2.66. The zero-order chi connectivity index (χ0) is 23.7. The number of carbonyl (C=O) groups excluding carboxylic acids is 1. The maximum atomic E-state index is 11.9. The van der Waals surface area contributed by atoms with E-state index in [4.69, 9.17) is 4.98 Å². The number of para-hydroxylation sites is 2. The lowest BCUT2D eigenvalue weighted by Gasteiger charge is -2.48. The first-order chi connectivity index (χ1) is 17.2. The Balaban J connectivity index is 1.29. The van der Waals surface area contributed by atoms with Gasteiger partial charge in [-0.3, -0.25) is 9.69 Å². The summed E-state index contributed by atoms with van der Waals surface area (Å²) in [4.78, 5) is 22.2. The lowest BCUT2D eigenvalue weighted by atomic mass is 9.79. The third-order valence-electron chi connectivity index (χ3n) is 8.86. The summed E-state index contributed by atoms with van der Waals surface area (Å²) in [6, 6.07) is 20.4. The summed E-state index contributed by atoms with van der Waals surface area (Å²) < 4.78 is 2.52. The quantitative estimate of drug-likeness (QED) is 0.433. The minimum atomic E-state index is 0.190. The molecule has 0 radical (unpaired) electrons. The first kappa shape index (κ1) is 22.8. The van der Waals surface area contributed by atoms with Crippen molar-refractivity contribution in [1.82, 2.24) is 14.5 Å². The Bertz CT molecular complexity index is 1140. The molecule has 0 bridgehead atoms. The minimum absolute atomic E-state index is 0.190. The fourth-order valence-corrected chi connectivity index (χ4v) is 6.97. The van der Waals surface area contributed by atoms with Crippen LogP contribution in [0.2, 0.25) is 0 Å². The highest BCUT2D eigenvalue weighted by Crippen LogP contribution is 2.44. The highest BCUT2D eigenvalue weighted by Gasteiger charge is 2.41. The van der Waals surface area contributed by atoms with Gasteiger partial charge in [0, 0.05) is 50.6 Å². The van der Waals surface area contributed by atoms with Crippen molar-refractivity contribution >= 4 is 22.8 Å². The normalized spacial score (nSPS) is 22.4. The lowest BCUT2D eigenvalue weighted by Crippen LogP contribution is -2.50. The molecule has 5 heteroatoms. The number of aromatic nitrogens is 2. The largest absolute Gasteiger partial charge is 0.341 e. The number of rotatable bonds is 4. The molecule has 3 fully saturated rings. The van der Waals surface area contributed by atoms with E-state index in [2.05, 4.69) is 69.0 Å². The van der Waals surface area contributed by atoms with E-state index in [0.29, 0.717) is 24.7 Å². The number of likely N-dealkylation sites (tertiary alicyclic amines) is 1. The monoisotopic (exact) mass is 470 g/mol. The van der Waals surface area contributed by atoms with Gasteiger partial charge in [0.25, 0.3) is 0 Å². The van der Waals surface area contributed by atoms with Crippen molar-refractivity contribution in [1.29, 1.82) is 0 Å². The maximum absolute atomic E-state index is 11.9. The molecule has 2 aliphatic heterocycles. The second kappa shape index (κ2) is 9.77. The Morgan fingerprint density at radius 3 is 2.14 bits per heavy atom. The van der Waals surface area contributed by atoms with Crippen molar-refractivity contribution < 1.29 is 4.79 Å². The van der Waals surface area contributed by atoms with Crippen molar-refractivity contribution in [3.63, 3.8) is 0 Å². The van der Waals surface area contributed by atoms with Crippen LogP contribution in [0.3, 0.4) is 0 Å². The van der Waals surface area contributed by atoms with Crippen LogP contribution in [0.5, 0.6) is 0 Å². The molecule has 1 aromatic heterocycles. The number of benzene rings is 2.